The molecular formula is C15H20N2O7. The third-order valence-electron chi connectivity index (χ3n) is 3.28. The van der Waals surface area contributed by atoms with Gasteiger partial charge in [0.15, 0.2) is 6.23 Å². The number of rotatable bonds is 8. The molecule has 9 nitrogen and oxygen atoms in total. The first-order chi connectivity index (χ1) is 11.5. The van der Waals surface area contributed by atoms with Gasteiger partial charge in [0.05, 0.1) is 13.2 Å². The molecule has 1 aromatic rings. The fourth-order valence-electron chi connectivity index (χ4n) is 2.03. The van der Waals surface area contributed by atoms with E-state index in [1.165, 1.54) is 17.9 Å². The number of carbonyl (C=O) groups excluding carboxylic acids is 1. The molecule has 9 heteroatoms. The van der Waals surface area contributed by atoms with Crippen molar-refractivity contribution >= 4 is 5.97 Å². The van der Waals surface area contributed by atoms with Crippen molar-refractivity contribution < 1.29 is 23.7 Å². The Morgan fingerprint density at radius 3 is 2.88 bits per heavy atom. The second kappa shape index (κ2) is 8.57. The van der Waals surface area contributed by atoms with E-state index < -0.39 is 29.6 Å². The lowest BCUT2D eigenvalue weighted by Crippen LogP contribution is -2.33. The molecule has 1 N–H and O–H groups in total. The van der Waals surface area contributed by atoms with Crippen LogP contribution in [-0.4, -0.2) is 55.2 Å². The van der Waals surface area contributed by atoms with Gasteiger partial charge in [-0.05, 0) is 13.0 Å². The van der Waals surface area contributed by atoms with E-state index in [9.17, 15) is 14.4 Å². The van der Waals surface area contributed by atoms with Crippen LogP contribution in [0.1, 0.15) is 11.8 Å². The van der Waals surface area contributed by atoms with E-state index in [0.29, 0.717) is 18.8 Å². The quantitative estimate of drug-likeness (QED) is 0.386. The number of aryl methyl sites for hydroxylation is 1. The first-order valence-corrected chi connectivity index (χ1v) is 7.39. The van der Waals surface area contributed by atoms with Crippen LogP contribution < -0.4 is 11.2 Å². The van der Waals surface area contributed by atoms with E-state index in [1.807, 2.05) is 0 Å². The summed E-state index contributed by atoms with van der Waals surface area (Å²) in [5, 5.41) is 0. The molecule has 0 bridgehead atoms. The van der Waals surface area contributed by atoms with Gasteiger partial charge in [-0.25, -0.2) is 9.59 Å². The number of aromatic nitrogens is 2. The number of hydrogen-bond acceptors (Lipinski definition) is 7. The summed E-state index contributed by atoms with van der Waals surface area (Å²) >= 11 is 0. The molecule has 0 amide bonds. The lowest BCUT2D eigenvalue weighted by Gasteiger charge is -2.16. The number of aromatic amines is 1. The van der Waals surface area contributed by atoms with Crippen molar-refractivity contribution in [2.75, 3.05) is 33.5 Å². The van der Waals surface area contributed by atoms with Gasteiger partial charge in [-0.2, -0.15) is 0 Å². The number of methoxy groups -OCH3 is 1. The van der Waals surface area contributed by atoms with Gasteiger partial charge in [0.2, 0.25) is 0 Å². The molecule has 0 saturated carbocycles. The topological polar surface area (TPSA) is 109 Å². The third kappa shape index (κ3) is 4.88. The predicted octanol–water partition coefficient (Wildman–Crippen LogP) is -0.495. The van der Waals surface area contributed by atoms with Crippen molar-refractivity contribution in [3.63, 3.8) is 0 Å². The lowest BCUT2D eigenvalue weighted by atomic mass is 10.3. The Kier molecular flexibility index (Phi) is 6.47. The van der Waals surface area contributed by atoms with Gasteiger partial charge in [-0.1, -0.05) is 6.08 Å². The number of esters is 1. The highest BCUT2D eigenvalue weighted by atomic mass is 16.6. The van der Waals surface area contributed by atoms with Gasteiger partial charge in [0.1, 0.15) is 19.3 Å². The molecule has 2 heterocycles. The van der Waals surface area contributed by atoms with E-state index >= 15 is 0 Å². The molecule has 2 atom stereocenters. The molecule has 0 radical (unpaired) electrons. The molecule has 132 valence electrons. The Bertz CT molecular complexity index is 707. The van der Waals surface area contributed by atoms with Gasteiger partial charge in [0, 0.05) is 18.9 Å². The molecule has 1 aromatic heterocycles. The highest BCUT2D eigenvalue weighted by molar-refractivity contribution is 5.70. The minimum atomic E-state index is -0.658. The fraction of sp³-hybridized carbons (Fsp3) is 0.533. The summed E-state index contributed by atoms with van der Waals surface area (Å²) in [7, 11) is 1.54. The summed E-state index contributed by atoms with van der Waals surface area (Å²) in [6, 6.07) is 0. The zero-order chi connectivity index (χ0) is 17.5. The van der Waals surface area contributed by atoms with Crippen LogP contribution in [0.15, 0.2) is 27.9 Å². The summed E-state index contributed by atoms with van der Waals surface area (Å²) in [4.78, 5) is 36.9. The van der Waals surface area contributed by atoms with E-state index in [0.717, 1.165) is 0 Å². The third-order valence-corrected chi connectivity index (χ3v) is 3.28. The van der Waals surface area contributed by atoms with Crippen LogP contribution in [-0.2, 0) is 23.7 Å². The summed E-state index contributed by atoms with van der Waals surface area (Å²) < 4.78 is 21.7. The van der Waals surface area contributed by atoms with Gasteiger partial charge < -0.3 is 18.9 Å². The van der Waals surface area contributed by atoms with Crippen LogP contribution >= 0.6 is 0 Å². The van der Waals surface area contributed by atoms with Crippen molar-refractivity contribution in [1.29, 1.82) is 0 Å². The molecule has 0 aromatic carbocycles. The van der Waals surface area contributed by atoms with Crippen LogP contribution in [0, 0.1) is 6.92 Å². The van der Waals surface area contributed by atoms with Crippen LogP contribution in [0.3, 0.4) is 0 Å². The van der Waals surface area contributed by atoms with Gasteiger partial charge in [0.25, 0.3) is 5.56 Å². The van der Waals surface area contributed by atoms with Crippen molar-refractivity contribution in [3.8, 4) is 0 Å². The smallest absolute Gasteiger partial charge is 0.332 e. The highest BCUT2D eigenvalue weighted by Gasteiger charge is 2.23. The molecule has 0 saturated heterocycles. The van der Waals surface area contributed by atoms with Crippen LogP contribution in [0.2, 0.25) is 0 Å². The molecule has 1 aliphatic heterocycles. The monoisotopic (exact) mass is 340 g/mol. The molecule has 24 heavy (non-hydrogen) atoms. The Morgan fingerprint density at radius 2 is 2.12 bits per heavy atom. The molecule has 0 aliphatic carbocycles. The summed E-state index contributed by atoms with van der Waals surface area (Å²) in [6.45, 7) is 2.15. The zero-order valence-electron chi connectivity index (χ0n) is 13.5. The van der Waals surface area contributed by atoms with Crippen LogP contribution in [0.5, 0.6) is 0 Å². The van der Waals surface area contributed by atoms with E-state index in [2.05, 4.69) is 4.98 Å². The summed E-state index contributed by atoms with van der Waals surface area (Å²) in [5.41, 5.74) is -0.601. The Balaban J connectivity index is 1.81. The second-order valence-electron chi connectivity index (χ2n) is 5.16. The molecule has 1 aliphatic rings. The van der Waals surface area contributed by atoms with Gasteiger partial charge >= 0.3 is 11.7 Å². The molecule has 2 rings (SSSR count). The van der Waals surface area contributed by atoms with Crippen LogP contribution in [0.4, 0.5) is 0 Å². The average Bonchev–Trinajstić information content (AvgIpc) is 3.02. The highest BCUT2D eigenvalue weighted by Crippen LogP contribution is 2.19. The fourth-order valence-corrected chi connectivity index (χ4v) is 2.03. The second-order valence-corrected chi connectivity index (χ2v) is 5.16. The van der Waals surface area contributed by atoms with E-state index in [1.54, 1.807) is 19.1 Å². The zero-order valence-corrected chi connectivity index (χ0v) is 13.5. The number of hydrogen-bond donors (Lipinski definition) is 1. The predicted molar refractivity (Wildman–Crippen MR) is 82.8 cm³/mol. The molecular weight excluding hydrogens is 320 g/mol. The Labute approximate surface area is 137 Å². The standard InChI is InChI=1S/C15H20N2O7/c1-10-7-17(15(20)16-14(10)19)12-4-3-11(24-12)8-23-13(18)9-22-6-5-21-2/h3-4,7,11-12H,5-6,8-9H2,1-2H3,(H,16,19,20)/t11-,12+/m0/s1. The van der Waals surface area contributed by atoms with Crippen molar-refractivity contribution in [2.24, 2.45) is 0 Å². The Hall–Kier alpha value is -2.23. The number of nitrogens with one attached hydrogen (secondary N) is 1. The van der Waals surface area contributed by atoms with E-state index in [4.69, 9.17) is 18.9 Å². The largest absolute Gasteiger partial charge is 0.461 e. The van der Waals surface area contributed by atoms with Crippen molar-refractivity contribution in [1.82, 2.24) is 9.55 Å². The maximum Gasteiger partial charge on any atom is 0.332 e. The Morgan fingerprint density at radius 1 is 1.33 bits per heavy atom. The molecule has 0 spiro atoms. The number of carbonyl (C=O) groups is 1. The number of ether oxygens (including phenoxy) is 4. The summed E-state index contributed by atoms with van der Waals surface area (Å²) in [6.07, 6.45) is 3.64. The first-order valence-electron chi connectivity index (χ1n) is 7.39. The van der Waals surface area contributed by atoms with Gasteiger partial charge in [-0.15, -0.1) is 0 Å². The average molecular weight is 340 g/mol. The van der Waals surface area contributed by atoms with E-state index in [-0.39, 0.29) is 13.2 Å². The first kappa shape index (κ1) is 18.1. The lowest BCUT2D eigenvalue weighted by molar-refractivity contribution is -0.153. The maximum absolute atomic E-state index is 11.8. The number of nitrogens with zero attached hydrogens (tertiary/aromatic N) is 1. The van der Waals surface area contributed by atoms with Crippen molar-refractivity contribution in [2.45, 2.75) is 19.3 Å². The molecule has 0 fully saturated rings. The minimum Gasteiger partial charge on any atom is -0.461 e. The number of H-pyrrole nitrogens is 1. The van der Waals surface area contributed by atoms with Crippen LogP contribution in [0.25, 0.3) is 0 Å². The van der Waals surface area contributed by atoms with Crippen molar-refractivity contribution in [3.05, 3.63) is 44.8 Å². The minimum absolute atomic E-state index is 0.0105. The molecule has 0 unspecified atom stereocenters. The summed E-state index contributed by atoms with van der Waals surface area (Å²) in [5.74, 6) is -0.511. The van der Waals surface area contributed by atoms with Gasteiger partial charge in [-0.3, -0.25) is 14.3 Å². The normalized spacial score (nSPS) is 19.6. The maximum atomic E-state index is 11.8. The SMILES string of the molecule is COCCOCC(=O)OC[C@@H]1C=C[C@H](n2cc(C)c(=O)[nH]c2=O)O1.